The van der Waals surface area contributed by atoms with Crippen LogP contribution in [0.2, 0.25) is 25.7 Å². The summed E-state index contributed by atoms with van der Waals surface area (Å²) in [5.41, 5.74) is 0.744. The van der Waals surface area contributed by atoms with E-state index in [2.05, 4.69) is 25.0 Å². The first kappa shape index (κ1) is 12.0. The van der Waals surface area contributed by atoms with Crippen LogP contribution in [0.3, 0.4) is 0 Å². The van der Waals surface area contributed by atoms with Gasteiger partial charge in [0.25, 0.3) is 5.91 Å². The summed E-state index contributed by atoms with van der Waals surface area (Å²) in [6, 6.07) is 10.5. The van der Waals surface area contributed by atoms with Crippen LogP contribution in [0, 0.1) is 0 Å². The fourth-order valence-electron chi connectivity index (χ4n) is 1.24. The van der Waals surface area contributed by atoms with E-state index in [9.17, 15) is 4.79 Å². The first-order valence-corrected chi connectivity index (χ1v) is 9.03. The summed E-state index contributed by atoms with van der Waals surface area (Å²) in [6.07, 6.45) is 0. The molecule has 0 fully saturated rings. The van der Waals surface area contributed by atoms with Crippen molar-refractivity contribution in [2.45, 2.75) is 25.7 Å². The second-order valence-corrected chi connectivity index (χ2v) is 10.6. The molecule has 3 heteroatoms. The molecule has 1 aromatic carbocycles. The van der Waals surface area contributed by atoms with Gasteiger partial charge in [0.05, 0.1) is 0 Å². The third-order valence-corrected chi connectivity index (χ3v) is 3.95. The minimum absolute atomic E-state index is 0.0360. The normalized spacial score (nSPS) is 11.1. The lowest BCUT2D eigenvalue weighted by Gasteiger charge is -2.15. The second-order valence-electron chi connectivity index (χ2n) is 4.93. The molecule has 0 aliphatic heterocycles. The van der Waals surface area contributed by atoms with E-state index in [0.717, 1.165) is 18.2 Å². The van der Waals surface area contributed by atoms with E-state index in [1.807, 2.05) is 30.3 Å². The van der Waals surface area contributed by atoms with Crippen LogP contribution in [-0.4, -0.2) is 20.5 Å². The molecular weight excluding hydrogens is 202 g/mol. The minimum atomic E-state index is -1.04. The number of amides is 1. The first-order chi connectivity index (χ1) is 6.99. The highest BCUT2D eigenvalue weighted by Crippen LogP contribution is 2.06. The maximum atomic E-state index is 11.6. The molecule has 0 radical (unpaired) electrons. The monoisotopic (exact) mass is 221 g/mol. The number of rotatable bonds is 4. The summed E-state index contributed by atoms with van der Waals surface area (Å²) in [6.45, 7) is 7.72. The fourth-order valence-corrected chi connectivity index (χ4v) is 2.12. The average Bonchev–Trinajstić information content (AvgIpc) is 2.17. The predicted molar refractivity (Wildman–Crippen MR) is 66.9 cm³/mol. The first-order valence-electron chi connectivity index (χ1n) is 5.32. The van der Waals surface area contributed by atoms with Gasteiger partial charge in [-0.05, 0) is 18.2 Å². The van der Waals surface area contributed by atoms with Crippen molar-refractivity contribution in [3.8, 4) is 0 Å². The van der Waals surface area contributed by atoms with E-state index in [1.54, 1.807) is 0 Å². The van der Waals surface area contributed by atoms with Gasteiger partial charge in [-0.2, -0.15) is 0 Å². The van der Waals surface area contributed by atoms with Gasteiger partial charge in [0.1, 0.15) is 0 Å². The molecule has 0 aliphatic rings. The maximum Gasteiger partial charge on any atom is 0.251 e. The highest BCUT2D eigenvalue weighted by atomic mass is 28.3. The van der Waals surface area contributed by atoms with Crippen LogP contribution < -0.4 is 5.32 Å². The fraction of sp³-hybridized carbons (Fsp3) is 0.417. The molecule has 0 bridgehead atoms. The molecule has 2 nitrogen and oxygen atoms in total. The molecule has 0 aromatic heterocycles. The summed E-state index contributed by atoms with van der Waals surface area (Å²) in [5, 5.41) is 2.95. The largest absolute Gasteiger partial charge is 0.352 e. The SMILES string of the molecule is C[Si](C)(C)CCNC(=O)c1ccccc1. The summed E-state index contributed by atoms with van der Waals surface area (Å²) in [7, 11) is -1.04. The van der Waals surface area contributed by atoms with Crippen LogP contribution in [0.1, 0.15) is 10.4 Å². The van der Waals surface area contributed by atoms with Crippen molar-refractivity contribution in [3.05, 3.63) is 35.9 Å². The number of benzene rings is 1. The molecule has 0 heterocycles. The average molecular weight is 221 g/mol. The number of carbonyl (C=O) groups is 1. The molecule has 0 unspecified atom stereocenters. The summed E-state index contributed by atoms with van der Waals surface area (Å²) in [4.78, 5) is 11.6. The Labute approximate surface area is 92.7 Å². The topological polar surface area (TPSA) is 29.1 Å². The molecule has 0 aliphatic carbocycles. The third kappa shape index (κ3) is 4.79. The van der Waals surface area contributed by atoms with Crippen molar-refractivity contribution in [3.63, 3.8) is 0 Å². The zero-order valence-electron chi connectivity index (χ0n) is 9.71. The summed E-state index contributed by atoms with van der Waals surface area (Å²) >= 11 is 0. The molecule has 0 saturated heterocycles. The van der Waals surface area contributed by atoms with E-state index in [4.69, 9.17) is 0 Å². The predicted octanol–water partition coefficient (Wildman–Crippen LogP) is 2.75. The lowest BCUT2D eigenvalue weighted by Crippen LogP contribution is -2.30. The maximum absolute atomic E-state index is 11.6. The molecule has 1 N–H and O–H groups in total. The third-order valence-electron chi connectivity index (χ3n) is 2.20. The Kier molecular flexibility index (Phi) is 4.09. The zero-order chi connectivity index (χ0) is 11.3. The van der Waals surface area contributed by atoms with E-state index in [0.29, 0.717) is 0 Å². The van der Waals surface area contributed by atoms with Crippen molar-refractivity contribution in [1.29, 1.82) is 0 Å². The lowest BCUT2D eigenvalue weighted by atomic mass is 10.2. The second kappa shape index (κ2) is 5.12. The zero-order valence-corrected chi connectivity index (χ0v) is 10.7. The van der Waals surface area contributed by atoms with Crippen LogP contribution in [0.15, 0.2) is 30.3 Å². The molecule has 0 atom stereocenters. The minimum Gasteiger partial charge on any atom is -0.352 e. The Morgan fingerprint density at radius 1 is 1.20 bits per heavy atom. The number of carbonyl (C=O) groups excluding carboxylic acids is 1. The highest BCUT2D eigenvalue weighted by molar-refractivity contribution is 6.76. The van der Waals surface area contributed by atoms with Crippen LogP contribution in [0.4, 0.5) is 0 Å². The number of nitrogens with one attached hydrogen (secondary N) is 1. The van der Waals surface area contributed by atoms with E-state index < -0.39 is 8.07 Å². The van der Waals surface area contributed by atoms with Gasteiger partial charge in [-0.25, -0.2) is 0 Å². The van der Waals surface area contributed by atoms with E-state index in [-0.39, 0.29) is 5.91 Å². The Morgan fingerprint density at radius 2 is 1.80 bits per heavy atom. The van der Waals surface area contributed by atoms with Crippen molar-refractivity contribution in [2.24, 2.45) is 0 Å². The van der Waals surface area contributed by atoms with E-state index >= 15 is 0 Å². The molecule has 1 rings (SSSR count). The lowest BCUT2D eigenvalue weighted by molar-refractivity contribution is 0.0955. The quantitative estimate of drug-likeness (QED) is 0.778. The van der Waals surface area contributed by atoms with Gasteiger partial charge in [0, 0.05) is 20.2 Å². The number of hydrogen-bond donors (Lipinski definition) is 1. The molecule has 82 valence electrons. The van der Waals surface area contributed by atoms with Crippen molar-refractivity contribution >= 4 is 14.0 Å². The van der Waals surface area contributed by atoms with Gasteiger partial charge in [-0.1, -0.05) is 37.8 Å². The number of hydrogen-bond acceptors (Lipinski definition) is 1. The molecule has 1 aromatic rings. The Hall–Kier alpha value is -1.09. The van der Waals surface area contributed by atoms with Crippen molar-refractivity contribution in [1.82, 2.24) is 5.32 Å². The Morgan fingerprint density at radius 3 is 2.33 bits per heavy atom. The van der Waals surface area contributed by atoms with E-state index in [1.165, 1.54) is 0 Å². The molecule has 0 saturated carbocycles. The molecule has 1 amide bonds. The van der Waals surface area contributed by atoms with Gasteiger partial charge >= 0.3 is 0 Å². The van der Waals surface area contributed by atoms with Crippen LogP contribution in [-0.2, 0) is 0 Å². The van der Waals surface area contributed by atoms with Gasteiger partial charge < -0.3 is 5.32 Å². The molecular formula is C12H19NOSi. The van der Waals surface area contributed by atoms with Gasteiger partial charge in [-0.15, -0.1) is 0 Å². The summed E-state index contributed by atoms with van der Waals surface area (Å²) < 4.78 is 0. The van der Waals surface area contributed by atoms with Crippen molar-refractivity contribution < 1.29 is 4.79 Å². The smallest absolute Gasteiger partial charge is 0.251 e. The van der Waals surface area contributed by atoms with Crippen LogP contribution in [0.5, 0.6) is 0 Å². The highest BCUT2D eigenvalue weighted by Gasteiger charge is 2.13. The van der Waals surface area contributed by atoms with Gasteiger partial charge in [0.2, 0.25) is 0 Å². The Balaban J connectivity index is 2.38. The molecule has 15 heavy (non-hydrogen) atoms. The van der Waals surface area contributed by atoms with Crippen LogP contribution >= 0.6 is 0 Å². The Bertz CT molecular complexity index is 316. The molecule has 0 spiro atoms. The summed E-state index contributed by atoms with van der Waals surface area (Å²) in [5.74, 6) is 0.0360. The standard InChI is InChI=1S/C12H19NOSi/c1-15(2,3)10-9-13-12(14)11-7-5-4-6-8-11/h4-8H,9-10H2,1-3H3,(H,13,14). The van der Waals surface area contributed by atoms with Gasteiger partial charge in [0.15, 0.2) is 0 Å². The van der Waals surface area contributed by atoms with Crippen molar-refractivity contribution in [2.75, 3.05) is 6.54 Å². The van der Waals surface area contributed by atoms with Crippen LogP contribution in [0.25, 0.3) is 0 Å². The van der Waals surface area contributed by atoms with Gasteiger partial charge in [-0.3, -0.25) is 4.79 Å².